The number of benzene rings is 2. The van der Waals surface area contributed by atoms with Crippen LogP contribution in [0.15, 0.2) is 59.1 Å². The lowest BCUT2D eigenvalue weighted by atomic mass is 10.1. The van der Waals surface area contributed by atoms with Gasteiger partial charge in [0.2, 0.25) is 0 Å². The Morgan fingerprint density at radius 1 is 1.11 bits per heavy atom. The van der Waals surface area contributed by atoms with E-state index in [2.05, 4.69) is 11.8 Å². The number of aromatic nitrogens is 2. The van der Waals surface area contributed by atoms with Crippen LogP contribution in [0.25, 0.3) is 10.9 Å². The van der Waals surface area contributed by atoms with E-state index in [1.807, 2.05) is 6.07 Å². The standard InChI is InChI=1S/C23H19FN2O2/c1-28-15-18-8-10-22-25-21-14-17(6-5-16-3-2-4-19(24)13-16)7-9-20(21)23(27)26(22)12-11-18/h2-4,7,9,13-15H,8,10-12H2,1H3/b18-15+. The number of methoxy groups -OCH3 is 1. The van der Waals surface area contributed by atoms with Gasteiger partial charge >= 0.3 is 0 Å². The van der Waals surface area contributed by atoms with Crippen LogP contribution in [0.3, 0.4) is 0 Å². The zero-order chi connectivity index (χ0) is 19.5. The van der Waals surface area contributed by atoms with Crippen molar-refractivity contribution in [1.82, 2.24) is 9.55 Å². The zero-order valence-electron chi connectivity index (χ0n) is 15.5. The Labute approximate surface area is 162 Å². The van der Waals surface area contributed by atoms with Gasteiger partial charge in [-0.15, -0.1) is 0 Å². The highest BCUT2D eigenvalue weighted by molar-refractivity contribution is 5.79. The summed E-state index contributed by atoms with van der Waals surface area (Å²) in [7, 11) is 1.64. The van der Waals surface area contributed by atoms with Gasteiger partial charge in [0.15, 0.2) is 0 Å². The summed E-state index contributed by atoms with van der Waals surface area (Å²) < 4.78 is 20.2. The third-order valence-electron chi connectivity index (χ3n) is 4.82. The zero-order valence-corrected chi connectivity index (χ0v) is 15.5. The van der Waals surface area contributed by atoms with E-state index in [1.54, 1.807) is 42.2 Å². The van der Waals surface area contributed by atoms with Crippen LogP contribution in [0, 0.1) is 17.7 Å². The fraction of sp³-hybridized carbons (Fsp3) is 0.217. The Morgan fingerprint density at radius 2 is 1.93 bits per heavy atom. The van der Waals surface area contributed by atoms with Gasteiger partial charge in [-0.3, -0.25) is 9.36 Å². The molecule has 0 saturated carbocycles. The molecule has 0 fully saturated rings. The first-order valence-electron chi connectivity index (χ1n) is 9.16. The molecular formula is C23H19FN2O2. The molecule has 1 aromatic heterocycles. The first-order valence-corrected chi connectivity index (χ1v) is 9.16. The summed E-state index contributed by atoms with van der Waals surface area (Å²) in [5, 5.41) is 0.583. The highest BCUT2D eigenvalue weighted by Crippen LogP contribution is 2.19. The van der Waals surface area contributed by atoms with Crippen LogP contribution in [0.1, 0.15) is 29.8 Å². The summed E-state index contributed by atoms with van der Waals surface area (Å²) in [6.07, 6.45) is 4.06. The Morgan fingerprint density at radius 3 is 2.71 bits per heavy atom. The van der Waals surface area contributed by atoms with E-state index in [9.17, 15) is 9.18 Å². The smallest absolute Gasteiger partial charge is 0.261 e. The first-order chi connectivity index (χ1) is 13.6. The van der Waals surface area contributed by atoms with E-state index in [0.29, 0.717) is 29.4 Å². The molecule has 1 aliphatic rings. The predicted molar refractivity (Wildman–Crippen MR) is 106 cm³/mol. The molecule has 28 heavy (non-hydrogen) atoms. The molecule has 0 aliphatic carbocycles. The number of halogens is 1. The number of aryl methyl sites for hydroxylation is 1. The number of rotatable bonds is 1. The number of nitrogens with zero attached hydrogens (tertiary/aromatic N) is 2. The van der Waals surface area contributed by atoms with Gasteiger partial charge in [-0.2, -0.15) is 0 Å². The van der Waals surface area contributed by atoms with Crippen molar-refractivity contribution in [2.24, 2.45) is 0 Å². The van der Waals surface area contributed by atoms with E-state index >= 15 is 0 Å². The molecule has 0 amide bonds. The summed E-state index contributed by atoms with van der Waals surface area (Å²) in [5.41, 5.74) is 3.14. The van der Waals surface area contributed by atoms with E-state index in [-0.39, 0.29) is 11.4 Å². The van der Waals surface area contributed by atoms with E-state index in [4.69, 9.17) is 9.72 Å². The minimum atomic E-state index is -0.315. The Kier molecular flexibility index (Phi) is 4.94. The highest BCUT2D eigenvalue weighted by atomic mass is 19.1. The van der Waals surface area contributed by atoms with E-state index in [0.717, 1.165) is 24.2 Å². The minimum Gasteiger partial charge on any atom is -0.504 e. The summed E-state index contributed by atoms with van der Waals surface area (Å²) in [4.78, 5) is 17.6. The van der Waals surface area contributed by atoms with Crippen molar-refractivity contribution in [3.05, 3.63) is 87.4 Å². The number of allylic oxidation sites excluding steroid dienone is 1. The summed E-state index contributed by atoms with van der Waals surface area (Å²) in [6, 6.07) is 11.6. The molecule has 3 aromatic rings. The van der Waals surface area contributed by atoms with E-state index < -0.39 is 0 Å². The molecular weight excluding hydrogens is 355 g/mol. The van der Waals surface area contributed by atoms with E-state index in [1.165, 1.54) is 17.7 Å². The molecule has 2 aromatic carbocycles. The fourth-order valence-corrected chi connectivity index (χ4v) is 3.41. The Bertz CT molecular complexity index is 1200. The van der Waals surface area contributed by atoms with Crippen LogP contribution in [0.5, 0.6) is 0 Å². The van der Waals surface area contributed by atoms with Crippen molar-refractivity contribution in [3.63, 3.8) is 0 Å². The van der Waals surface area contributed by atoms with Gasteiger partial charge in [-0.1, -0.05) is 17.9 Å². The maximum atomic E-state index is 13.3. The number of hydrogen-bond donors (Lipinski definition) is 0. The maximum Gasteiger partial charge on any atom is 0.261 e. The lowest BCUT2D eigenvalue weighted by Crippen LogP contribution is -2.24. The second kappa shape index (κ2) is 7.69. The SMILES string of the molecule is CO/C=C1\CCc2nc3cc(C#Cc4cccc(F)c4)ccc3c(=O)n2CC1. The molecule has 0 radical (unpaired) electrons. The average molecular weight is 374 g/mol. The van der Waals surface area contributed by atoms with Gasteiger partial charge in [0.05, 0.1) is 24.3 Å². The number of fused-ring (bicyclic) bond motifs is 2. The molecule has 140 valence electrons. The van der Waals surface area contributed by atoms with Crippen LogP contribution < -0.4 is 5.56 Å². The van der Waals surface area contributed by atoms with Gasteiger partial charge in [0.1, 0.15) is 11.6 Å². The van der Waals surface area contributed by atoms with Crippen molar-refractivity contribution in [2.75, 3.05) is 7.11 Å². The molecule has 0 unspecified atom stereocenters. The largest absolute Gasteiger partial charge is 0.504 e. The molecule has 1 aliphatic heterocycles. The predicted octanol–water partition coefficient (Wildman–Crippen LogP) is 3.80. The quantitative estimate of drug-likeness (QED) is 0.481. The molecule has 0 saturated heterocycles. The molecule has 0 N–H and O–H groups in total. The van der Waals surface area contributed by atoms with Crippen LogP contribution in [0.4, 0.5) is 4.39 Å². The van der Waals surface area contributed by atoms with Crippen molar-refractivity contribution < 1.29 is 9.13 Å². The molecule has 0 bridgehead atoms. The normalized spacial score (nSPS) is 14.9. The average Bonchev–Trinajstić information content (AvgIpc) is 2.89. The first kappa shape index (κ1) is 18.0. The fourth-order valence-electron chi connectivity index (χ4n) is 3.41. The maximum absolute atomic E-state index is 13.3. The van der Waals surface area contributed by atoms with Gasteiger partial charge < -0.3 is 4.74 Å². The molecule has 2 heterocycles. The molecule has 0 atom stereocenters. The summed E-state index contributed by atoms with van der Waals surface area (Å²) in [5.74, 6) is 6.44. The minimum absolute atomic E-state index is 0.0247. The lowest BCUT2D eigenvalue weighted by molar-refractivity contribution is 0.331. The van der Waals surface area contributed by atoms with Crippen LogP contribution in [-0.2, 0) is 17.7 Å². The molecule has 4 nitrogen and oxygen atoms in total. The van der Waals surface area contributed by atoms with Crippen LogP contribution in [-0.4, -0.2) is 16.7 Å². The lowest BCUT2D eigenvalue weighted by Gasteiger charge is -2.09. The van der Waals surface area contributed by atoms with Crippen molar-refractivity contribution in [1.29, 1.82) is 0 Å². The van der Waals surface area contributed by atoms with Crippen LogP contribution in [0.2, 0.25) is 0 Å². The molecule has 4 rings (SSSR count). The highest BCUT2D eigenvalue weighted by Gasteiger charge is 2.16. The Balaban J connectivity index is 1.72. The number of hydrogen-bond acceptors (Lipinski definition) is 3. The molecule has 5 heteroatoms. The summed E-state index contributed by atoms with van der Waals surface area (Å²) in [6.45, 7) is 0.605. The van der Waals surface area contributed by atoms with Gasteiger partial charge in [-0.25, -0.2) is 9.37 Å². The summed E-state index contributed by atoms with van der Waals surface area (Å²) >= 11 is 0. The Hall–Kier alpha value is -3.39. The monoisotopic (exact) mass is 374 g/mol. The van der Waals surface area contributed by atoms with Crippen molar-refractivity contribution in [2.45, 2.75) is 25.8 Å². The second-order valence-electron chi connectivity index (χ2n) is 6.74. The van der Waals surface area contributed by atoms with Gasteiger partial charge in [-0.05, 0) is 54.8 Å². The van der Waals surface area contributed by atoms with Gasteiger partial charge in [0, 0.05) is 24.1 Å². The number of ether oxygens (including phenoxy) is 1. The molecule has 0 spiro atoms. The third-order valence-corrected chi connectivity index (χ3v) is 4.82. The van der Waals surface area contributed by atoms with Crippen molar-refractivity contribution in [3.8, 4) is 11.8 Å². The second-order valence-corrected chi connectivity index (χ2v) is 6.74. The topological polar surface area (TPSA) is 44.1 Å². The van der Waals surface area contributed by atoms with Crippen molar-refractivity contribution >= 4 is 10.9 Å². The van der Waals surface area contributed by atoms with Gasteiger partial charge in [0.25, 0.3) is 5.56 Å². The third kappa shape index (κ3) is 3.67. The van der Waals surface area contributed by atoms with Crippen LogP contribution >= 0.6 is 0 Å².